The highest BCUT2D eigenvalue weighted by molar-refractivity contribution is 7.13. The third-order valence-electron chi connectivity index (χ3n) is 5.48. The molecule has 0 fully saturated rings. The molecule has 38 heavy (non-hydrogen) atoms. The fourth-order valence-electron chi connectivity index (χ4n) is 3.69. The molecule has 1 N–H and O–H groups in total. The van der Waals surface area contributed by atoms with Gasteiger partial charge in [-0.2, -0.15) is 0 Å². The molecule has 0 unspecified atom stereocenters. The van der Waals surface area contributed by atoms with E-state index in [1.807, 2.05) is 0 Å². The van der Waals surface area contributed by atoms with Crippen LogP contribution in [0.15, 0.2) is 48.8 Å². The second kappa shape index (κ2) is 10.5. The average molecular weight is 542 g/mol. The van der Waals surface area contributed by atoms with E-state index in [1.54, 1.807) is 6.92 Å². The molecule has 194 valence electrons. The molecule has 0 bridgehead atoms. The van der Waals surface area contributed by atoms with Gasteiger partial charge in [0.25, 0.3) is 11.1 Å². The van der Waals surface area contributed by atoms with Crippen LogP contribution in [0.4, 0.5) is 13.2 Å². The Hall–Kier alpha value is -4.52. The van der Waals surface area contributed by atoms with Crippen molar-refractivity contribution in [3.63, 3.8) is 0 Å². The summed E-state index contributed by atoms with van der Waals surface area (Å²) in [6, 6.07) is 8.61. The molecular formula is C25H18F3N5O4S. The van der Waals surface area contributed by atoms with E-state index >= 15 is 8.78 Å². The number of halogens is 3. The Morgan fingerprint density at radius 3 is 2.66 bits per heavy atom. The number of hydrogen-bond acceptors (Lipinski definition) is 8. The molecule has 0 amide bonds. The first-order chi connectivity index (χ1) is 18.3. The lowest BCUT2D eigenvalue weighted by Crippen LogP contribution is -2.04. The minimum Gasteiger partial charge on any atom is -0.478 e. The number of carboxylic acid groups (broad SMARTS) is 1. The second-order valence-corrected chi connectivity index (χ2v) is 9.00. The van der Waals surface area contributed by atoms with Crippen molar-refractivity contribution in [3.05, 3.63) is 82.4 Å². The number of fused-ring (bicyclic) bond motifs is 1. The van der Waals surface area contributed by atoms with Gasteiger partial charge in [0.2, 0.25) is 0 Å². The fraction of sp³-hybridized carbons (Fsp3) is 0.160. The molecule has 9 nitrogen and oxygen atoms in total. The van der Waals surface area contributed by atoms with Crippen LogP contribution in [0.1, 0.15) is 27.9 Å². The molecule has 0 aliphatic carbocycles. The van der Waals surface area contributed by atoms with Gasteiger partial charge < -0.3 is 19.1 Å². The summed E-state index contributed by atoms with van der Waals surface area (Å²) in [6.45, 7) is 1.97. The van der Waals surface area contributed by atoms with E-state index in [2.05, 4.69) is 20.2 Å². The number of benzene rings is 2. The fourth-order valence-corrected chi connectivity index (χ4v) is 4.35. The molecule has 3 aromatic heterocycles. The normalized spacial score (nSPS) is 11.2. The van der Waals surface area contributed by atoms with Crippen LogP contribution in [0, 0.1) is 17.5 Å². The summed E-state index contributed by atoms with van der Waals surface area (Å²) in [6.07, 6.45) is 1.42. The molecule has 0 aliphatic heterocycles. The Kier molecular flexibility index (Phi) is 6.92. The SMILES string of the molecule is CCOc1nnc(COc2nc(-c3cc(F)c(Cn4cnc5ccc(C(=O)O)cc54)cc3F)ccc2F)s1. The Bertz CT molecular complexity index is 1660. The molecule has 0 saturated heterocycles. The first-order valence-corrected chi connectivity index (χ1v) is 12.0. The number of rotatable bonds is 9. The molecule has 0 aliphatic rings. The Morgan fingerprint density at radius 1 is 1.03 bits per heavy atom. The predicted molar refractivity (Wildman–Crippen MR) is 131 cm³/mol. The number of nitrogens with zero attached hydrogens (tertiary/aromatic N) is 5. The lowest BCUT2D eigenvalue weighted by Gasteiger charge is -2.11. The van der Waals surface area contributed by atoms with Gasteiger partial charge in [-0.25, -0.2) is 27.9 Å². The van der Waals surface area contributed by atoms with E-state index in [0.717, 1.165) is 29.5 Å². The maximum Gasteiger partial charge on any atom is 0.335 e. The number of aromatic nitrogens is 5. The molecule has 0 radical (unpaired) electrons. The zero-order valence-corrected chi connectivity index (χ0v) is 20.5. The molecule has 5 aromatic rings. The first kappa shape index (κ1) is 25.1. The summed E-state index contributed by atoms with van der Waals surface area (Å²) in [5.41, 5.74) is 0.802. The van der Waals surface area contributed by atoms with Crippen molar-refractivity contribution in [1.82, 2.24) is 24.7 Å². The highest BCUT2D eigenvalue weighted by Gasteiger charge is 2.17. The van der Waals surface area contributed by atoms with Crippen LogP contribution >= 0.6 is 11.3 Å². The van der Waals surface area contributed by atoms with Crippen LogP contribution < -0.4 is 9.47 Å². The van der Waals surface area contributed by atoms with Gasteiger partial charge in [-0.3, -0.25) is 0 Å². The minimum absolute atomic E-state index is 0.00577. The maximum absolute atomic E-state index is 15.1. The predicted octanol–water partition coefficient (Wildman–Crippen LogP) is 5.09. The van der Waals surface area contributed by atoms with Gasteiger partial charge in [-0.05, 0) is 49.4 Å². The van der Waals surface area contributed by atoms with Crippen molar-refractivity contribution in [2.45, 2.75) is 20.1 Å². The zero-order chi connectivity index (χ0) is 26.8. The van der Waals surface area contributed by atoms with Gasteiger partial charge in [0, 0.05) is 11.1 Å². The summed E-state index contributed by atoms with van der Waals surface area (Å²) in [7, 11) is 0. The number of carboxylic acids is 1. The smallest absolute Gasteiger partial charge is 0.335 e. The van der Waals surface area contributed by atoms with Crippen molar-refractivity contribution in [3.8, 4) is 22.3 Å². The van der Waals surface area contributed by atoms with E-state index in [4.69, 9.17) is 9.47 Å². The van der Waals surface area contributed by atoms with Crippen molar-refractivity contribution >= 4 is 28.3 Å². The monoisotopic (exact) mass is 541 g/mol. The summed E-state index contributed by atoms with van der Waals surface area (Å²) < 4.78 is 56.7. The molecule has 0 atom stereocenters. The van der Waals surface area contributed by atoms with Gasteiger partial charge in [0.1, 0.15) is 18.2 Å². The van der Waals surface area contributed by atoms with E-state index in [0.29, 0.717) is 27.8 Å². The van der Waals surface area contributed by atoms with E-state index in [-0.39, 0.29) is 35.5 Å². The largest absolute Gasteiger partial charge is 0.478 e. The lowest BCUT2D eigenvalue weighted by atomic mass is 10.1. The summed E-state index contributed by atoms with van der Waals surface area (Å²) in [5.74, 6) is -3.82. The van der Waals surface area contributed by atoms with Gasteiger partial charge in [-0.15, -0.1) is 5.10 Å². The van der Waals surface area contributed by atoms with E-state index < -0.39 is 29.3 Å². The molecular weight excluding hydrogens is 523 g/mol. The van der Waals surface area contributed by atoms with Crippen LogP contribution in [0.2, 0.25) is 0 Å². The molecule has 5 rings (SSSR count). The van der Waals surface area contributed by atoms with Gasteiger partial charge in [-0.1, -0.05) is 16.4 Å². The summed E-state index contributed by atoms with van der Waals surface area (Å²) in [4.78, 5) is 19.5. The second-order valence-electron chi connectivity index (χ2n) is 7.97. The van der Waals surface area contributed by atoms with Crippen LogP contribution in [0.5, 0.6) is 11.1 Å². The van der Waals surface area contributed by atoms with Crippen LogP contribution in [0.25, 0.3) is 22.3 Å². The van der Waals surface area contributed by atoms with Crippen LogP contribution in [-0.4, -0.2) is 42.4 Å². The highest BCUT2D eigenvalue weighted by atomic mass is 32.1. The number of imidazole rings is 1. The van der Waals surface area contributed by atoms with E-state index in [9.17, 15) is 14.3 Å². The summed E-state index contributed by atoms with van der Waals surface area (Å²) >= 11 is 1.13. The maximum atomic E-state index is 15.1. The van der Waals surface area contributed by atoms with Gasteiger partial charge >= 0.3 is 5.97 Å². The Balaban J connectivity index is 1.39. The van der Waals surface area contributed by atoms with Crippen molar-refractivity contribution in [1.29, 1.82) is 0 Å². The number of carbonyl (C=O) groups is 1. The van der Waals surface area contributed by atoms with Gasteiger partial charge in [0.15, 0.2) is 10.8 Å². The van der Waals surface area contributed by atoms with Crippen molar-refractivity contribution in [2.24, 2.45) is 0 Å². The topological polar surface area (TPSA) is 112 Å². The number of pyridine rings is 1. The quantitative estimate of drug-likeness (QED) is 0.275. The molecule has 3 heterocycles. The highest BCUT2D eigenvalue weighted by Crippen LogP contribution is 2.29. The third-order valence-corrected chi connectivity index (χ3v) is 6.29. The number of aromatic carboxylic acids is 1. The third kappa shape index (κ3) is 5.13. The minimum atomic E-state index is -1.12. The van der Waals surface area contributed by atoms with Crippen LogP contribution in [0.3, 0.4) is 0 Å². The lowest BCUT2D eigenvalue weighted by molar-refractivity contribution is 0.0697. The van der Waals surface area contributed by atoms with E-state index in [1.165, 1.54) is 35.2 Å². The molecule has 0 saturated carbocycles. The standard InChI is InChI=1S/C25H18F3N5O4S/c1-2-36-25-32-31-22(38-25)11-37-23-16(26)4-6-19(30-23)15-9-17(27)14(7-18(15)28)10-33-12-29-20-5-3-13(24(34)35)8-21(20)33/h3-9,12H,2,10-11H2,1H3,(H,34,35). The van der Waals surface area contributed by atoms with Gasteiger partial charge in [0.05, 0.1) is 41.8 Å². The number of hydrogen-bond donors (Lipinski definition) is 1. The molecule has 2 aromatic carbocycles. The first-order valence-electron chi connectivity index (χ1n) is 11.2. The zero-order valence-electron chi connectivity index (χ0n) is 19.7. The van der Waals surface area contributed by atoms with Crippen LogP contribution in [-0.2, 0) is 13.2 Å². The number of ether oxygens (including phenoxy) is 2. The molecule has 0 spiro atoms. The van der Waals surface area contributed by atoms with Crippen molar-refractivity contribution < 1.29 is 32.5 Å². The Labute approximate surface area is 217 Å². The Morgan fingerprint density at radius 2 is 1.87 bits per heavy atom. The van der Waals surface area contributed by atoms with Crippen molar-refractivity contribution in [2.75, 3.05) is 6.61 Å². The molecule has 13 heteroatoms. The summed E-state index contributed by atoms with van der Waals surface area (Å²) in [5, 5.41) is 17.7. The average Bonchev–Trinajstić information content (AvgIpc) is 3.52.